The normalized spacial score (nSPS) is 11.0. The number of phenolic OH excluding ortho intramolecular Hbond substituents is 2. The van der Waals surface area contributed by atoms with Crippen molar-refractivity contribution in [3.8, 4) is 51.0 Å². The van der Waals surface area contributed by atoms with Crippen LogP contribution in [0.2, 0.25) is 0 Å². The first-order chi connectivity index (χ1) is 19.3. The number of hydrogen-bond donors (Lipinski definition) is 2. The molecule has 41 heavy (non-hydrogen) atoms. The summed E-state index contributed by atoms with van der Waals surface area (Å²) in [5, 5.41) is 22.1. The fourth-order valence-electron chi connectivity index (χ4n) is 4.30. The van der Waals surface area contributed by atoms with Crippen molar-refractivity contribution in [3.05, 3.63) is 71.3 Å². The van der Waals surface area contributed by atoms with E-state index in [2.05, 4.69) is 0 Å². The molecule has 0 fully saturated rings. The van der Waals surface area contributed by atoms with Crippen LogP contribution in [0.25, 0.3) is 22.3 Å². The zero-order valence-electron chi connectivity index (χ0n) is 24.9. The van der Waals surface area contributed by atoms with Gasteiger partial charge in [0, 0.05) is 5.56 Å². The van der Waals surface area contributed by atoms with Crippen LogP contribution in [0.1, 0.15) is 33.3 Å². The molecule has 9 heteroatoms. The summed E-state index contributed by atoms with van der Waals surface area (Å²) in [4.78, 5) is 0. The summed E-state index contributed by atoms with van der Waals surface area (Å²) in [5.41, 5.74) is 5.33. The number of ether oxygens (including phenoxy) is 3. The zero-order chi connectivity index (χ0) is 30.5. The van der Waals surface area contributed by atoms with Gasteiger partial charge in [-0.05, 0) is 81.7 Å². The molecule has 220 valence electrons. The summed E-state index contributed by atoms with van der Waals surface area (Å²) in [6.45, 7) is 10.1. The molecule has 0 bridgehead atoms. The molecule has 0 saturated carbocycles. The van der Waals surface area contributed by atoms with E-state index < -0.39 is 10.0 Å². The first kappa shape index (κ1) is 31.4. The number of aryl methyl sites for hydroxylation is 1. The molecule has 2 N–H and O–H groups in total. The quantitative estimate of drug-likeness (QED) is 0.239. The third-order valence-corrected chi connectivity index (χ3v) is 7.62. The van der Waals surface area contributed by atoms with E-state index in [9.17, 15) is 18.6 Å². The van der Waals surface area contributed by atoms with Gasteiger partial charge in [0.15, 0.2) is 23.0 Å². The molecule has 8 nitrogen and oxygen atoms in total. The highest BCUT2D eigenvalue weighted by Gasteiger charge is 2.24. The molecule has 0 saturated heterocycles. The number of anilines is 1. The van der Waals surface area contributed by atoms with Gasteiger partial charge in [-0.2, -0.15) is 0 Å². The van der Waals surface area contributed by atoms with E-state index in [-0.39, 0.29) is 23.8 Å². The minimum absolute atomic E-state index is 0.0884. The third-order valence-electron chi connectivity index (χ3n) is 6.47. The van der Waals surface area contributed by atoms with E-state index in [0.717, 1.165) is 16.7 Å². The van der Waals surface area contributed by atoms with Crippen LogP contribution < -0.4 is 18.5 Å². The number of phenols is 2. The Morgan fingerprint density at radius 1 is 0.878 bits per heavy atom. The molecule has 0 spiro atoms. The maximum atomic E-state index is 12.7. The van der Waals surface area contributed by atoms with Crippen LogP contribution >= 0.6 is 0 Å². The Bertz CT molecular complexity index is 1580. The largest absolute Gasteiger partial charge is 0.504 e. The van der Waals surface area contributed by atoms with Crippen molar-refractivity contribution < 1.29 is 32.8 Å². The van der Waals surface area contributed by atoms with Crippen molar-refractivity contribution in [1.29, 1.82) is 0 Å². The van der Waals surface area contributed by atoms with Gasteiger partial charge in [-0.3, -0.25) is 4.31 Å². The number of methoxy groups -OCH3 is 2. The molecule has 0 radical (unpaired) electrons. The van der Waals surface area contributed by atoms with Crippen LogP contribution in [0.5, 0.6) is 28.7 Å². The number of rotatable bonds is 11. The van der Waals surface area contributed by atoms with Gasteiger partial charge >= 0.3 is 0 Å². The van der Waals surface area contributed by atoms with Gasteiger partial charge in [0.05, 0.1) is 38.3 Å². The number of aromatic hydroxyl groups is 2. The van der Waals surface area contributed by atoms with E-state index in [1.807, 2.05) is 58.9 Å². The molecule has 3 aromatic rings. The van der Waals surface area contributed by atoms with Crippen LogP contribution in [0.15, 0.2) is 65.8 Å². The molecule has 3 aromatic carbocycles. The maximum Gasteiger partial charge on any atom is 0.232 e. The predicted octanol–water partition coefficient (Wildman–Crippen LogP) is 6.83. The average molecular weight is 582 g/mol. The smallest absolute Gasteiger partial charge is 0.232 e. The van der Waals surface area contributed by atoms with E-state index in [0.29, 0.717) is 46.0 Å². The molecule has 0 heterocycles. The van der Waals surface area contributed by atoms with Crippen molar-refractivity contribution in [3.63, 3.8) is 0 Å². The molecule has 0 atom stereocenters. The van der Waals surface area contributed by atoms with E-state index in [4.69, 9.17) is 14.2 Å². The first-order valence-electron chi connectivity index (χ1n) is 13.1. The van der Waals surface area contributed by atoms with Gasteiger partial charge < -0.3 is 24.4 Å². The second kappa shape index (κ2) is 13.0. The van der Waals surface area contributed by atoms with Gasteiger partial charge in [-0.25, -0.2) is 8.42 Å². The summed E-state index contributed by atoms with van der Waals surface area (Å²) < 4.78 is 43.8. The zero-order valence-corrected chi connectivity index (χ0v) is 25.7. The lowest BCUT2D eigenvalue weighted by Crippen LogP contribution is -2.30. The lowest BCUT2D eigenvalue weighted by atomic mass is 9.95. The highest BCUT2D eigenvalue weighted by molar-refractivity contribution is 7.92. The third kappa shape index (κ3) is 7.35. The summed E-state index contributed by atoms with van der Waals surface area (Å²) in [6.07, 6.45) is 4.93. The molecule has 0 aromatic heterocycles. The predicted molar refractivity (Wildman–Crippen MR) is 165 cm³/mol. The summed E-state index contributed by atoms with van der Waals surface area (Å²) in [5.74, 6) is 0.543. The van der Waals surface area contributed by atoms with Gasteiger partial charge in [-0.1, -0.05) is 35.4 Å². The molecular weight excluding hydrogens is 542 g/mol. The number of sulfonamides is 1. The minimum Gasteiger partial charge on any atom is -0.504 e. The van der Waals surface area contributed by atoms with Crippen molar-refractivity contribution in [2.24, 2.45) is 0 Å². The molecule has 3 rings (SSSR count). The summed E-state index contributed by atoms with van der Waals surface area (Å²) in [7, 11) is -0.660. The lowest BCUT2D eigenvalue weighted by molar-refractivity contribution is 0.335. The monoisotopic (exact) mass is 581 g/mol. The number of allylic oxidation sites excluding steroid dienone is 2. The van der Waals surface area contributed by atoms with Crippen LogP contribution in [0.3, 0.4) is 0 Å². The van der Waals surface area contributed by atoms with Gasteiger partial charge in [0.2, 0.25) is 10.0 Å². The van der Waals surface area contributed by atoms with Gasteiger partial charge in [-0.15, -0.1) is 0 Å². The van der Waals surface area contributed by atoms with Crippen LogP contribution in [-0.2, 0) is 10.0 Å². The molecule has 0 unspecified atom stereocenters. The fraction of sp³-hybridized carbons (Fsp3) is 0.312. The van der Waals surface area contributed by atoms with E-state index in [1.54, 1.807) is 24.3 Å². The van der Waals surface area contributed by atoms with Gasteiger partial charge in [0.1, 0.15) is 12.4 Å². The Morgan fingerprint density at radius 3 is 2.10 bits per heavy atom. The van der Waals surface area contributed by atoms with Crippen molar-refractivity contribution in [2.45, 2.75) is 34.6 Å². The SMILES string of the molecule is COc1cc(-c2ccc(C)c(N(CC=C(C)C)S(C)(=O)=O)c2)c(OC)c(O)c1-c1ccc(OCC=C(C)C)c(O)c1. The molecule has 0 aliphatic rings. The molecule has 0 amide bonds. The lowest BCUT2D eigenvalue weighted by Gasteiger charge is -2.24. The molecular formula is C32H39NO7S. The van der Waals surface area contributed by atoms with Gasteiger partial charge in [0.25, 0.3) is 0 Å². The summed E-state index contributed by atoms with van der Waals surface area (Å²) in [6, 6.07) is 12.0. The van der Waals surface area contributed by atoms with E-state index in [1.165, 1.54) is 30.8 Å². The molecule has 0 aliphatic heterocycles. The van der Waals surface area contributed by atoms with Crippen molar-refractivity contribution in [2.75, 3.05) is 37.9 Å². The Balaban J connectivity index is 2.16. The minimum atomic E-state index is -3.59. The number of hydrogen-bond acceptors (Lipinski definition) is 7. The molecule has 0 aliphatic carbocycles. The second-order valence-electron chi connectivity index (χ2n) is 10.2. The Labute approximate surface area is 243 Å². The second-order valence-corrected chi connectivity index (χ2v) is 12.1. The average Bonchev–Trinajstić information content (AvgIpc) is 2.89. The Hall–Kier alpha value is -4.11. The standard InChI is InChI=1S/C32H39NO7S/c1-20(2)13-15-33(41(8,36)37)26-17-23(10-9-22(26)5)25-19-29(38-6)30(31(35)32(25)39-7)24-11-12-28(27(34)18-24)40-16-14-21(3)4/h9-14,17-19,34-35H,15-16H2,1-8H3. The summed E-state index contributed by atoms with van der Waals surface area (Å²) >= 11 is 0. The highest BCUT2D eigenvalue weighted by Crippen LogP contribution is 2.50. The topological polar surface area (TPSA) is 106 Å². The first-order valence-corrected chi connectivity index (χ1v) is 14.9. The Kier molecular flexibility index (Phi) is 9.99. The van der Waals surface area contributed by atoms with E-state index >= 15 is 0 Å². The van der Waals surface area contributed by atoms with Crippen molar-refractivity contribution >= 4 is 15.7 Å². The number of nitrogens with zero attached hydrogens (tertiary/aromatic N) is 1. The highest BCUT2D eigenvalue weighted by atomic mass is 32.2. The Morgan fingerprint density at radius 2 is 1.54 bits per heavy atom. The van der Waals surface area contributed by atoms with Crippen LogP contribution in [-0.4, -0.2) is 52.3 Å². The fourth-order valence-corrected chi connectivity index (χ4v) is 5.20. The maximum absolute atomic E-state index is 12.7. The van der Waals surface area contributed by atoms with Crippen LogP contribution in [0.4, 0.5) is 5.69 Å². The van der Waals surface area contributed by atoms with Crippen molar-refractivity contribution in [1.82, 2.24) is 0 Å². The van der Waals surface area contributed by atoms with Crippen LogP contribution in [0, 0.1) is 6.92 Å². The number of benzene rings is 3.